The molecule has 1 unspecified atom stereocenters. The van der Waals surface area contributed by atoms with E-state index < -0.39 is 29.2 Å². The van der Waals surface area contributed by atoms with Crippen LogP contribution in [0.15, 0.2) is 54.6 Å². The predicted octanol–water partition coefficient (Wildman–Crippen LogP) is 5.93. The summed E-state index contributed by atoms with van der Waals surface area (Å²) in [5.41, 5.74) is 3.27. The standard InChI is InChI=1S/C26H23F2NO3/c1-15-12-19-22(30)14-26(10-3-11-26)32-23(19)13-18(15)16-6-8-17(9-7-16)29-25(31)24-20(27)4-2-5-21(24)28/h2,4-9,12-13,22,30H,3,10-11,14H2,1H3,(H,29,31). The highest BCUT2D eigenvalue weighted by molar-refractivity contribution is 6.04. The third kappa shape index (κ3) is 3.54. The number of carbonyl (C=O) groups is 1. The van der Waals surface area contributed by atoms with Crippen LogP contribution in [0.2, 0.25) is 0 Å². The molecule has 2 N–H and O–H groups in total. The van der Waals surface area contributed by atoms with E-state index in [1.807, 2.05) is 31.2 Å². The number of amides is 1. The second-order valence-corrected chi connectivity index (χ2v) is 8.69. The Kier molecular flexibility index (Phi) is 4.97. The molecular formula is C26H23F2NO3. The number of rotatable bonds is 3. The van der Waals surface area contributed by atoms with Gasteiger partial charge >= 0.3 is 0 Å². The van der Waals surface area contributed by atoms with E-state index in [0.717, 1.165) is 59.4 Å². The van der Waals surface area contributed by atoms with Gasteiger partial charge in [-0.25, -0.2) is 8.78 Å². The van der Waals surface area contributed by atoms with Gasteiger partial charge in [-0.15, -0.1) is 0 Å². The van der Waals surface area contributed by atoms with Gasteiger partial charge in [-0.05, 0) is 79.3 Å². The van der Waals surface area contributed by atoms with Gasteiger partial charge in [0.1, 0.15) is 28.5 Å². The third-order valence-corrected chi connectivity index (χ3v) is 6.52. The van der Waals surface area contributed by atoms with Gasteiger partial charge in [0.15, 0.2) is 0 Å². The van der Waals surface area contributed by atoms with Crippen molar-refractivity contribution in [2.75, 3.05) is 5.32 Å². The van der Waals surface area contributed by atoms with Crippen LogP contribution in [0, 0.1) is 18.6 Å². The zero-order chi connectivity index (χ0) is 22.5. The smallest absolute Gasteiger partial charge is 0.261 e. The summed E-state index contributed by atoms with van der Waals surface area (Å²) >= 11 is 0. The zero-order valence-electron chi connectivity index (χ0n) is 17.6. The lowest BCUT2D eigenvalue weighted by molar-refractivity contribution is -0.0663. The molecule has 0 saturated heterocycles. The highest BCUT2D eigenvalue weighted by atomic mass is 19.1. The maximum Gasteiger partial charge on any atom is 0.261 e. The number of aryl methyl sites for hydroxylation is 1. The summed E-state index contributed by atoms with van der Waals surface area (Å²) in [4.78, 5) is 12.3. The van der Waals surface area contributed by atoms with Crippen molar-refractivity contribution >= 4 is 11.6 Å². The van der Waals surface area contributed by atoms with E-state index in [2.05, 4.69) is 5.32 Å². The fraction of sp³-hybridized carbons (Fsp3) is 0.269. The van der Waals surface area contributed by atoms with E-state index in [1.165, 1.54) is 6.07 Å². The molecule has 5 rings (SSSR count). The highest BCUT2D eigenvalue weighted by Crippen LogP contribution is 2.50. The van der Waals surface area contributed by atoms with Crippen LogP contribution < -0.4 is 10.1 Å². The molecule has 3 aromatic rings. The molecular weight excluding hydrogens is 412 g/mol. The minimum atomic E-state index is -0.907. The van der Waals surface area contributed by atoms with Gasteiger partial charge in [0.25, 0.3) is 5.91 Å². The van der Waals surface area contributed by atoms with Crippen LogP contribution in [-0.4, -0.2) is 16.6 Å². The van der Waals surface area contributed by atoms with Crippen LogP contribution >= 0.6 is 0 Å². The van der Waals surface area contributed by atoms with Gasteiger partial charge in [0.2, 0.25) is 0 Å². The van der Waals surface area contributed by atoms with Crippen LogP contribution in [0.1, 0.15) is 53.3 Å². The molecule has 2 aliphatic rings. The molecule has 3 aromatic carbocycles. The van der Waals surface area contributed by atoms with Gasteiger partial charge < -0.3 is 15.2 Å². The van der Waals surface area contributed by atoms with Gasteiger partial charge in [0.05, 0.1) is 6.10 Å². The number of aliphatic hydroxyl groups excluding tert-OH is 1. The molecule has 1 saturated carbocycles. The molecule has 1 aliphatic heterocycles. The average Bonchev–Trinajstić information content (AvgIpc) is 2.73. The zero-order valence-corrected chi connectivity index (χ0v) is 17.6. The summed E-state index contributed by atoms with van der Waals surface area (Å²) in [6.45, 7) is 1.98. The van der Waals surface area contributed by atoms with Crippen molar-refractivity contribution in [3.8, 4) is 16.9 Å². The summed E-state index contributed by atoms with van der Waals surface area (Å²) in [6, 6.07) is 14.3. The van der Waals surface area contributed by atoms with Crippen molar-refractivity contribution in [3.05, 3.63) is 82.9 Å². The molecule has 6 heteroatoms. The number of benzene rings is 3. The largest absolute Gasteiger partial charge is 0.487 e. The van der Waals surface area contributed by atoms with E-state index in [-0.39, 0.29) is 5.60 Å². The van der Waals surface area contributed by atoms with E-state index in [4.69, 9.17) is 4.74 Å². The third-order valence-electron chi connectivity index (χ3n) is 6.52. The molecule has 1 heterocycles. The number of hydrogen-bond acceptors (Lipinski definition) is 3. The molecule has 1 atom stereocenters. The molecule has 1 amide bonds. The highest BCUT2D eigenvalue weighted by Gasteiger charge is 2.45. The minimum Gasteiger partial charge on any atom is -0.487 e. The molecule has 4 nitrogen and oxygen atoms in total. The van der Waals surface area contributed by atoms with Crippen molar-refractivity contribution in [1.82, 2.24) is 0 Å². The van der Waals surface area contributed by atoms with E-state index in [0.29, 0.717) is 12.1 Å². The summed E-state index contributed by atoms with van der Waals surface area (Å²) in [7, 11) is 0. The molecule has 32 heavy (non-hydrogen) atoms. The number of ether oxygens (including phenoxy) is 1. The quantitative estimate of drug-likeness (QED) is 0.536. The first kappa shape index (κ1) is 20.6. The summed E-state index contributed by atoms with van der Waals surface area (Å²) in [5.74, 6) is -1.94. The Labute approximate surface area is 184 Å². The Bertz CT molecular complexity index is 1180. The lowest BCUT2D eigenvalue weighted by Crippen LogP contribution is -2.46. The van der Waals surface area contributed by atoms with Crippen molar-refractivity contribution in [2.24, 2.45) is 0 Å². The lowest BCUT2D eigenvalue weighted by Gasteiger charge is -2.47. The number of fused-ring (bicyclic) bond motifs is 1. The number of aliphatic hydroxyl groups is 1. The van der Waals surface area contributed by atoms with Crippen LogP contribution in [0.25, 0.3) is 11.1 Å². The first-order chi connectivity index (χ1) is 15.3. The molecule has 164 valence electrons. The number of anilines is 1. The average molecular weight is 435 g/mol. The van der Waals surface area contributed by atoms with Crippen LogP contribution in [0.4, 0.5) is 14.5 Å². The Hall–Kier alpha value is -3.25. The summed E-state index contributed by atoms with van der Waals surface area (Å²) < 4.78 is 34.0. The van der Waals surface area contributed by atoms with Crippen LogP contribution in [-0.2, 0) is 0 Å². The van der Waals surface area contributed by atoms with Crippen LogP contribution in [0.3, 0.4) is 0 Å². The maximum absolute atomic E-state index is 13.9. The van der Waals surface area contributed by atoms with Crippen molar-refractivity contribution in [2.45, 2.75) is 44.3 Å². The number of halogens is 2. The second-order valence-electron chi connectivity index (χ2n) is 8.69. The molecule has 1 aliphatic carbocycles. The second kappa shape index (κ2) is 7.71. The van der Waals surface area contributed by atoms with Crippen molar-refractivity contribution in [3.63, 3.8) is 0 Å². The Morgan fingerprint density at radius 3 is 2.41 bits per heavy atom. The minimum absolute atomic E-state index is 0.241. The lowest BCUT2D eigenvalue weighted by atomic mass is 9.73. The predicted molar refractivity (Wildman–Crippen MR) is 118 cm³/mol. The van der Waals surface area contributed by atoms with E-state index in [1.54, 1.807) is 12.1 Å². The molecule has 1 spiro atoms. The maximum atomic E-state index is 13.9. The van der Waals surface area contributed by atoms with Gasteiger partial charge in [-0.1, -0.05) is 18.2 Å². The monoisotopic (exact) mass is 435 g/mol. The molecule has 0 radical (unpaired) electrons. The van der Waals surface area contributed by atoms with E-state index in [9.17, 15) is 18.7 Å². The molecule has 1 fully saturated rings. The summed E-state index contributed by atoms with van der Waals surface area (Å²) in [6.07, 6.45) is 3.15. The van der Waals surface area contributed by atoms with Crippen molar-refractivity contribution < 1.29 is 23.4 Å². The van der Waals surface area contributed by atoms with Crippen LogP contribution in [0.5, 0.6) is 5.75 Å². The van der Waals surface area contributed by atoms with Crippen molar-refractivity contribution in [1.29, 1.82) is 0 Å². The Balaban J connectivity index is 1.40. The first-order valence-corrected chi connectivity index (χ1v) is 10.7. The Morgan fingerprint density at radius 2 is 1.78 bits per heavy atom. The Morgan fingerprint density at radius 1 is 1.09 bits per heavy atom. The van der Waals surface area contributed by atoms with Gasteiger partial charge in [-0.2, -0.15) is 0 Å². The summed E-state index contributed by atoms with van der Waals surface area (Å²) in [5, 5.41) is 13.2. The number of hydrogen-bond donors (Lipinski definition) is 2. The number of nitrogens with one attached hydrogen (secondary N) is 1. The fourth-order valence-electron chi connectivity index (χ4n) is 4.63. The SMILES string of the molecule is Cc1cc2c(cc1-c1ccc(NC(=O)c3c(F)cccc3F)cc1)OC1(CCC1)CC2O. The number of carbonyl (C=O) groups excluding carboxylic acids is 1. The van der Waals surface area contributed by atoms with Gasteiger partial charge in [0, 0.05) is 17.7 Å². The normalized spacial score (nSPS) is 18.4. The van der Waals surface area contributed by atoms with E-state index >= 15 is 0 Å². The van der Waals surface area contributed by atoms with Gasteiger partial charge in [-0.3, -0.25) is 4.79 Å². The fourth-order valence-corrected chi connectivity index (χ4v) is 4.63. The first-order valence-electron chi connectivity index (χ1n) is 10.7. The topological polar surface area (TPSA) is 58.6 Å². The molecule has 0 aromatic heterocycles. The molecule has 0 bridgehead atoms.